The van der Waals surface area contributed by atoms with Gasteiger partial charge in [-0.05, 0) is 17.7 Å². The zero-order valence-electron chi connectivity index (χ0n) is 9.88. The Kier molecular flexibility index (Phi) is 5.23. The average molecular weight is 304 g/mol. The second-order valence-corrected chi connectivity index (χ2v) is 3.63. The van der Waals surface area contributed by atoms with Gasteiger partial charge in [0.05, 0.1) is 18.8 Å². The van der Waals surface area contributed by atoms with E-state index in [9.17, 15) is 26.3 Å². The van der Waals surface area contributed by atoms with Gasteiger partial charge in [0.25, 0.3) is 0 Å². The number of hydrogen-bond donors (Lipinski definition) is 1. The quantitative estimate of drug-likeness (QED) is 0.671. The number of hydrogen-bond acceptors (Lipinski definition) is 3. The predicted octanol–water partition coefficient (Wildman–Crippen LogP) is 3.11. The van der Waals surface area contributed by atoms with Crippen molar-refractivity contribution >= 4 is 0 Å². The minimum Gasteiger partial charge on any atom is -0.491 e. The number of rotatable bonds is 5. The van der Waals surface area contributed by atoms with E-state index in [1.54, 1.807) is 0 Å². The Bertz CT molecular complexity index is 441. The molecule has 0 amide bonds. The number of ether oxygens (including phenoxy) is 2. The summed E-state index contributed by atoms with van der Waals surface area (Å²) in [7, 11) is 0. The van der Waals surface area contributed by atoms with Crippen molar-refractivity contribution in [2.75, 3.05) is 13.2 Å². The molecule has 0 saturated carbocycles. The summed E-state index contributed by atoms with van der Waals surface area (Å²) >= 11 is 0. The molecular formula is C11H10F6O3. The van der Waals surface area contributed by atoms with Crippen molar-refractivity contribution < 1.29 is 40.9 Å². The van der Waals surface area contributed by atoms with Gasteiger partial charge in [-0.25, -0.2) is 0 Å². The third-order valence-corrected chi connectivity index (χ3v) is 2.14. The zero-order valence-corrected chi connectivity index (χ0v) is 9.88. The normalized spacial score (nSPS) is 12.6. The van der Waals surface area contributed by atoms with Crippen LogP contribution in [0.25, 0.3) is 0 Å². The molecule has 0 aliphatic rings. The average Bonchev–Trinajstić information content (AvgIpc) is 2.32. The van der Waals surface area contributed by atoms with Gasteiger partial charge in [0.2, 0.25) is 0 Å². The smallest absolute Gasteiger partial charge is 0.491 e. The van der Waals surface area contributed by atoms with Gasteiger partial charge in [0, 0.05) is 0 Å². The van der Waals surface area contributed by atoms with Crippen LogP contribution in [0.4, 0.5) is 26.3 Å². The molecule has 114 valence electrons. The fourth-order valence-corrected chi connectivity index (χ4v) is 1.33. The van der Waals surface area contributed by atoms with E-state index < -0.39 is 43.7 Å². The van der Waals surface area contributed by atoms with Crippen molar-refractivity contribution in [1.82, 2.24) is 0 Å². The summed E-state index contributed by atoms with van der Waals surface area (Å²) < 4.78 is 81.1. The third-order valence-electron chi connectivity index (χ3n) is 2.14. The van der Waals surface area contributed by atoms with Crippen molar-refractivity contribution in [3.05, 3.63) is 29.3 Å². The van der Waals surface area contributed by atoms with Crippen LogP contribution in [0.15, 0.2) is 18.2 Å². The lowest BCUT2D eigenvalue weighted by molar-refractivity contribution is -0.325. The predicted molar refractivity (Wildman–Crippen MR) is 54.9 cm³/mol. The van der Waals surface area contributed by atoms with E-state index in [1.165, 1.54) is 6.07 Å². The second kappa shape index (κ2) is 6.31. The van der Waals surface area contributed by atoms with Gasteiger partial charge in [0.15, 0.2) is 0 Å². The van der Waals surface area contributed by atoms with Crippen LogP contribution in [0.1, 0.15) is 11.1 Å². The van der Waals surface area contributed by atoms with Crippen molar-refractivity contribution in [2.45, 2.75) is 19.1 Å². The molecule has 1 N–H and O–H groups in total. The van der Waals surface area contributed by atoms with E-state index in [0.29, 0.717) is 6.07 Å². The molecule has 0 saturated heterocycles. The molecule has 0 fully saturated rings. The molecule has 0 heterocycles. The van der Waals surface area contributed by atoms with Crippen LogP contribution in [0, 0.1) is 0 Å². The molecule has 0 bridgehead atoms. The molecule has 0 atom stereocenters. The molecule has 1 aromatic carbocycles. The molecule has 0 aliphatic heterocycles. The fraction of sp³-hybridized carbons (Fsp3) is 0.455. The Balaban J connectivity index is 2.74. The summed E-state index contributed by atoms with van der Waals surface area (Å²) in [6.45, 7) is -2.22. The Morgan fingerprint density at radius 3 is 2.15 bits per heavy atom. The first-order chi connectivity index (χ1) is 9.13. The third kappa shape index (κ3) is 5.25. The van der Waals surface area contributed by atoms with E-state index in [-0.39, 0.29) is 5.56 Å². The maximum atomic E-state index is 12.7. The van der Waals surface area contributed by atoms with E-state index in [1.807, 2.05) is 0 Å². The Labute approximate surface area is 109 Å². The molecule has 0 aliphatic carbocycles. The first-order valence-electron chi connectivity index (χ1n) is 5.28. The summed E-state index contributed by atoms with van der Waals surface area (Å²) in [5.74, 6) is -0.625. The number of aliphatic hydroxyl groups excluding tert-OH is 1. The number of aliphatic hydroxyl groups is 1. The molecular weight excluding hydrogens is 294 g/mol. The van der Waals surface area contributed by atoms with E-state index in [2.05, 4.69) is 9.47 Å². The van der Waals surface area contributed by atoms with Crippen molar-refractivity contribution in [3.8, 4) is 5.75 Å². The van der Waals surface area contributed by atoms with Crippen LogP contribution in [0.3, 0.4) is 0 Å². The Hall–Kier alpha value is -1.48. The van der Waals surface area contributed by atoms with Crippen LogP contribution < -0.4 is 4.74 Å². The lowest BCUT2D eigenvalue weighted by Gasteiger charge is -2.15. The Morgan fingerprint density at radius 2 is 1.65 bits per heavy atom. The lowest BCUT2D eigenvalue weighted by Crippen LogP contribution is -2.19. The van der Waals surface area contributed by atoms with Crippen LogP contribution in [-0.2, 0) is 17.5 Å². The minimum absolute atomic E-state index is 0.0104. The highest BCUT2D eigenvalue weighted by Crippen LogP contribution is 2.36. The van der Waals surface area contributed by atoms with Crippen molar-refractivity contribution in [3.63, 3.8) is 0 Å². The van der Waals surface area contributed by atoms with E-state index >= 15 is 0 Å². The topological polar surface area (TPSA) is 38.7 Å². The summed E-state index contributed by atoms with van der Waals surface area (Å²) in [4.78, 5) is 0. The molecule has 9 heteroatoms. The van der Waals surface area contributed by atoms with Gasteiger partial charge in [0.1, 0.15) is 12.4 Å². The summed E-state index contributed by atoms with van der Waals surface area (Å²) in [6, 6.07) is 2.77. The van der Waals surface area contributed by atoms with Crippen molar-refractivity contribution in [2.24, 2.45) is 0 Å². The van der Waals surface area contributed by atoms with Gasteiger partial charge < -0.3 is 9.84 Å². The number of alkyl halides is 6. The monoisotopic (exact) mass is 304 g/mol. The van der Waals surface area contributed by atoms with Crippen molar-refractivity contribution in [1.29, 1.82) is 0 Å². The second-order valence-electron chi connectivity index (χ2n) is 3.63. The standard InChI is InChI=1S/C11H10F6O3/c12-10(13,14)8-5-7(6-18)1-2-9(8)19-3-4-20-11(15,16)17/h1-2,5,18H,3-4,6H2. The van der Waals surface area contributed by atoms with Crippen LogP contribution in [0.2, 0.25) is 0 Å². The Morgan fingerprint density at radius 1 is 1.00 bits per heavy atom. The molecule has 1 aromatic rings. The fourth-order valence-electron chi connectivity index (χ4n) is 1.33. The molecule has 0 aromatic heterocycles. The maximum absolute atomic E-state index is 12.7. The van der Waals surface area contributed by atoms with Gasteiger partial charge in [-0.15, -0.1) is 13.2 Å². The number of benzene rings is 1. The summed E-state index contributed by atoms with van der Waals surface area (Å²) in [5.41, 5.74) is -1.16. The minimum atomic E-state index is -4.86. The summed E-state index contributed by atoms with van der Waals surface area (Å²) in [6.07, 6.45) is -9.61. The van der Waals surface area contributed by atoms with Crippen LogP contribution in [-0.4, -0.2) is 24.7 Å². The highest BCUT2D eigenvalue weighted by Gasteiger charge is 2.35. The molecule has 0 spiro atoms. The largest absolute Gasteiger partial charge is 0.522 e. The lowest BCUT2D eigenvalue weighted by atomic mass is 10.1. The van der Waals surface area contributed by atoms with Gasteiger partial charge in [-0.1, -0.05) is 6.07 Å². The summed E-state index contributed by atoms with van der Waals surface area (Å²) in [5, 5.41) is 8.77. The van der Waals surface area contributed by atoms with E-state index in [0.717, 1.165) is 6.07 Å². The van der Waals surface area contributed by atoms with Crippen LogP contribution >= 0.6 is 0 Å². The zero-order chi connectivity index (χ0) is 15.4. The maximum Gasteiger partial charge on any atom is 0.522 e. The van der Waals surface area contributed by atoms with Crippen LogP contribution in [0.5, 0.6) is 5.75 Å². The van der Waals surface area contributed by atoms with Gasteiger partial charge in [-0.2, -0.15) is 13.2 Å². The van der Waals surface area contributed by atoms with E-state index in [4.69, 9.17) is 5.11 Å². The highest BCUT2D eigenvalue weighted by molar-refractivity contribution is 5.39. The van der Waals surface area contributed by atoms with Gasteiger partial charge >= 0.3 is 12.5 Å². The highest BCUT2D eigenvalue weighted by atomic mass is 19.4. The first kappa shape index (κ1) is 16.6. The SMILES string of the molecule is OCc1ccc(OCCOC(F)(F)F)c(C(F)(F)F)c1. The molecule has 0 radical (unpaired) electrons. The number of halogens is 6. The molecule has 1 rings (SSSR count). The molecule has 0 unspecified atom stereocenters. The molecule has 3 nitrogen and oxygen atoms in total. The first-order valence-corrected chi connectivity index (χ1v) is 5.28. The van der Waals surface area contributed by atoms with Gasteiger partial charge in [-0.3, -0.25) is 4.74 Å². The molecule has 20 heavy (non-hydrogen) atoms.